The third kappa shape index (κ3) is 3.37. The molecule has 1 aliphatic heterocycles. The number of halogens is 2. The van der Waals surface area contributed by atoms with Crippen molar-refractivity contribution in [3.8, 4) is 11.5 Å². The second-order valence-corrected chi connectivity index (χ2v) is 8.58. The minimum atomic E-state index is -0.390. The molecule has 2 bridgehead atoms. The predicted molar refractivity (Wildman–Crippen MR) is 116 cm³/mol. The first kappa shape index (κ1) is 20.7. The molecule has 0 aromatic heterocycles. The van der Waals surface area contributed by atoms with Crippen molar-refractivity contribution in [2.75, 3.05) is 7.11 Å². The number of fused-ring (bicyclic) bond motifs is 5. The topological polar surface area (TPSA) is 68.2 Å². The quantitative estimate of drug-likeness (QED) is 0.372. The molecule has 6 nitrogen and oxygen atoms in total. The van der Waals surface area contributed by atoms with Crippen molar-refractivity contribution in [2.45, 2.75) is 13.0 Å². The zero-order chi connectivity index (χ0) is 22.4. The minimum absolute atomic E-state index is 0.0493. The summed E-state index contributed by atoms with van der Waals surface area (Å²) in [6, 6.07) is 9.43. The summed E-state index contributed by atoms with van der Waals surface area (Å²) in [5, 5.41) is 5.51. The van der Waals surface area contributed by atoms with E-state index in [1.807, 2.05) is 12.2 Å². The van der Waals surface area contributed by atoms with Gasteiger partial charge in [0.25, 0.3) is 11.8 Å². The lowest BCUT2D eigenvalue weighted by Gasteiger charge is -2.15. The van der Waals surface area contributed by atoms with Crippen molar-refractivity contribution in [3.05, 3.63) is 70.5 Å². The summed E-state index contributed by atoms with van der Waals surface area (Å²) in [6.45, 7) is -0.0493. The van der Waals surface area contributed by atoms with Crippen molar-refractivity contribution in [3.63, 3.8) is 0 Å². The van der Waals surface area contributed by atoms with Gasteiger partial charge in [-0.1, -0.05) is 42.0 Å². The van der Waals surface area contributed by atoms with E-state index in [1.54, 1.807) is 30.3 Å². The fourth-order valence-corrected chi connectivity index (χ4v) is 5.09. The van der Waals surface area contributed by atoms with E-state index in [0.29, 0.717) is 21.9 Å². The van der Waals surface area contributed by atoms with Gasteiger partial charge in [0, 0.05) is 22.2 Å². The number of amides is 2. The number of hydrazone groups is 1. The maximum Gasteiger partial charge on any atom is 0.254 e. The fraction of sp³-hybridized carbons (Fsp3) is 0.292. The Morgan fingerprint density at radius 1 is 1.16 bits per heavy atom. The Balaban J connectivity index is 1.42. The number of carbonyl (C=O) groups excluding carboxylic acids is 2. The van der Waals surface area contributed by atoms with Crippen LogP contribution in [0.3, 0.4) is 0 Å². The second-order valence-electron chi connectivity index (χ2n) is 8.14. The van der Waals surface area contributed by atoms with Crippen LogP contribution >= 0.6 is 11.6 Å². The number of benzene rings is 2. The van der Waals surface area contributed by atoms with Crippen LogP contribution in [0.2, 0.25) is 5.02 Å². The molecule has 2 amide bonds. The van der Waals surface area contributed by atoms with Crippen molar-refractivity contribution >= 4 is 29.6 Å². The Kier molecular flexibility index (Phi) is 5.21. The first-order valence-corrected chi connectivity index (χ1v) is 10.7. The highest BCUT2D eigenvalue weighted by molar-refractivity contribution is 6.31. The van der Waals surface area contributed by atoms with Crippen LogP contribution in [0.5, 0.6) is 11.5 Å². The number of imide groups is 1. The SMILES string of the molecule is COc1cc(Cl)cc(C=NN2C(=O)C3C4C=CC(C4)C3C2=O)c1OCc1ccccc1F. The molecule has 2 aromatic carbocycles. The Morgan fingerprint density at radius 3 is 2.50 bits per heavy atom. The zero-order valence-electron chi connectivity index (χ0n) is 17.2. The van der Waals surface area contributed by atoms with Crippen molar-refractivity contribution in [1.82, 2.24) is 5.01 Å². The molecule has 8 heteroatoms. The Labute approximate surface area is 189 Å². The summed E-state index contributed by atoms with van der Waals surface area (Å²) in [7, 11) is 1.46. The molecular formula is C24H20ClFN2O4. The lowest BCUT2D eigenvalue weighted by atomic mass is 9.85. The largest absolute Gasteiger partial charge is 0.493 e. The number of carbonyl (C=O) groups is 2. The normalized spacial score (nSPS) is 25.8. The molecule has 2 fully saturated rings. The molecule has 2 aromatic rings. The molecule has 0 spiro atoms. The van der Waals surface area contributed by atoms with E-state index in [2.05, 4.69) is 5.10 Å². The van der Waals surface area contributed by atoms with E-state index in [-0.39, 0.29) is 47.8 Å². The lowest BCUT2D eigenvalue weighted by Crippen LogP contribution is -2.28. The molecule has 1 saturated carbocycles. The number of ether oxygens (including phenoxy) is 2. The molecule has 0 radical (unpaired) electrons. The summed E-state index contributed by atoms with van der Waals surface area (Å²) in [5.74, 6) is -0.801. The average Bonchev–Trinajstić information content (AvgIpc) is 3.46. The van der Waals surface area contributed by atoms with Crippen LogP contribution < -0.4 is 9.47 Å². The monoisotopic (exact) mass is 454 g/mol. The third-order valence-electron chi connectivity index (χ3n) is 6.36. The molecular weight excluding hydrogens is 435 g/mol. The molecule has 2 aliphatic carbocycles. The van der Waals surface area contributed by atoms with E-state index in [1.165, 1.54) is 19.4 Å². The van der Waals surface area contributed by atoms with Gasteiger partial charge in [-0.25, -0.2) is 4.39 Å². The molecule has 0 N–H and O–H groups in total. The molecule has 1 saturated heterocycles. The van der Waals surface area contributed by atoms with Gasteiger partial charge < -0.3 is 9.47 Å². The number of nitrogens with zero attached hydrogens (tertiary/aromatic N) is 2. The number of hydrogen-bond acceptors (Lipinski definition) is 5. The first-order chi connectivity index (χ1) is 15.5. The molecule has 164 valence electrons. The predicted octanol–water partition coefficient (Wildman–Crippen LogP) is 4.21. The van der Waals surface area contributed by atoms with Crippen LogP contribution in [-0.2, 0) is 16.2 Å². The third-order valence-corrected chi connectivity index (χ3v) is 6.58. The summed E-state index contributed by atoms with van der Waals surface area (Å²) in [4.78, 5) is 25.7. The Hall–Kier alpha value is -3.19. The van der Waals surface area contributed by atoms with Crippen LogP contribution in [0.4, 0.5) is 4.39 Å². The number of methoxy groups -OCH3 is 1. The summed E-state index contributed by atoms with van der Waals surface area (Å²) >= 11 is 6.21. The number of hydrogen-bond donors (Lipinski definition) is 0. The van der Waals surface area contributed by atoms with Crippen LogP contribution in [0.25, 0.3) is 0 Å². The Bertz CT molecular complexity index is 1130. The van der Waals surface area contributed by atoms with Crippen LogP contribution in [0.15, 0.2) is 53.7 Å². The van der Waals surface area contributed by atoms with Gasteiger partial charge in [-0.15, -0.1) is 0 Å². The van der Waals surface area contributed by atoms with Crippen LogP contribution in [0, 0.1) is 29.5 Å². The number of allylic oxidation sites excluding steroid dienone is 2. The van der Waals surface area contributed by atoms with E-state index in [4.69, 9.17) is 21.1 Å². The van der Waals surface area contributed by atoms with Gasteiger partial charge in [0.05, 0.1) is 25.2 Å². The van der Waals surface area contributed by atoms with Gasteiger partial charge in [-0.05, 0) is 30.4 Å². The van der Waals surface area contributed by atoms with E-state index < -0.39 is 5.82 Å². The highest BCUT2D eigenvalue weighted by Gasteiger charge is 2.59. The van der Waals surface area contributed by atoms with Gasteiger partial charge in [-0.2, -0.15) is 10.1 Å². The fourth-order valence-electron chi connectivity index (χ4n) is 4.88. The van der Waals surface area contributed by atoms with Gasteiger partial charge in [-0.3, -0.25) is 9.59 Å². The van der Waals surface area contributed by atoms with E-state index in [9.17, 15) is 14.0 Å². The van der Waals surface area contributed by atoms with Gasteiger partial charge in [0.15, 0.2) is 11.5 Å². The maximum absolute atomic E-state index is 14.0. The Morgan fingerprint density at radius 2 is 1.84 bits per heavy atom. The highest BCUT2D eigenvalue weighted by atomic mass is 35.5. The molecule has 4 atom stereocenters. The van der Waals surface area contributed by atoms with Gasteiger partial charge in [0.2, 0.25) is 0 Å². The first-order valence-electron chi connectivity index (χ1n) is 10.3. The van der Waals surface area contributed by atoms with E-state index >= 15 is 0 Å². The average molecular weight is 455 g/mol. The molecule has 1 heterocycles. The highest BCUT2D eigenvalue weighted by Crippen LogP contribution is 2.52. The van der Waals surface area contributed by atoms with Gasteiger partial charge >= 0.3 is 0 Å². The van der Waals surface area contributed by atoms with Crippen molar-refractivity contribution in [1.29, 1.82) is 0 Å². The molecule has 3 aliphatic rings. The van der Waals surface area contributed by atoms with Crippen molar-refractivity contribution < 1.29 is 23.5 Å². The summed E-state index contributed by atoms with van der Waals surface area (Å²) in [6.07, 6.45) is 6.27. The maximum atomic E-state index is 14.0. The second kappa shape index (κ2) is 8.06. The minimum Gasteiger partial charge on any atom is -0.493 e. The van der Waals surface area contributed by atoms with E-state index in [0.717, 1.165) is 11.4 Å². The van der Waals surface area contributed by atoms with Crippen LogP contribution in [0.1, 0.15) is 17.5 Å². The summed E-state index contributed by atoms with van der Waals surface area (Å²) < 4.78 is 25.2. The molecule has 4 unspecified atom stereocenters. The molecule has 5 rings (SSSR count). The van der Waals surface area contributed by atoms with Gasteiger partial charge in [0.1, 0.15) is 12.4 Å². The summed E-state index contributed by atoms with van der Waals surface area (Å²) in [5.41, 5.74) is 0.775. The standard InChI is InChI=1S/C24H20ClFN2O4/c1-31-19-10-17(25)9-16(22(19)32-12-15-4-2-3-5-18(15)26)11-27-28-23(29)20-13-6-7-14(8-13)21(20)24(28)30/h2-7,9-11,13-14,20-21H,8,12H2,1H3. The van der Waals surface area contributed by atoms with Crippen molar-refractivity contribution in [2.24, 2.45) is 28.8 Å². The van der Waals surface area contributed by atoms with Crippen LogP contribution in [-0.4, -0.2) is 30.1 Å². The number of rotatable bonds is 6. The smallest absolute Gasteiger partial charge is 0.254 e. The lowest BCUT2D eigenvalue weighted by molar-refractivity contribution is -0.140. The zero-order valence-corrected chi connectivity index (χ0v) is 18.0. The molecule has 32 heavy (non-hydrogen) atoms.